The second kappa shape index (κ2) is 6.99. The van der Waals surface area contributed by atoms with E-state index in [9.17, 15) is 18.0 Å². The van der Waals surface area contributed by atoms with Crippen molar-refractivity contribution in [2.45, 2.75) is 45.8 Å². The van der Waals surface area contributed by atoms with Gasteiger partial charge in [-0.2, -0.15) is 13.2 Å². The molecule has 0 spiro atoms. The maximum atomic E-state index is 13.1. The van der Waals surface area contributed by atoms with E-state index in [0.29, 0.717) is 6.42 Å². The van der Waals surface area contributed by atoms with Crippen LogP contribution >= 0.6 is 0 Å². The zero-order chi connectivity index (χ0) is 18.0. The first-order valence-electron chi connectivity index (χ1n) is 8.17. The van der Waals surface area contributed by atoms with Gasteiger partial charge in [0, 0.05) is 25.5 Å². The fourth-order valence-electron chi connectivity index (χ4n) is 3.39. The van der Waals surface area contributed by atoms with Crippen LogP contribution in [-0.4, -0.2) is 35.2 Å². The predicted molar refractivity (Wildman–Crippen MR) is 85.3 cm³/mol. The minimum absolute atomic E-state index is 0.0596. The molecular weight excluding hydrogens is 319 g/mol. The second-order valence-electron chi connectivity index (χ2n) is 6.98. The highest BCUT2D eigenvalue weighted by Crippen LogP contribution is 2.45. The number of hydrogen-bond donors (Lipinski definition) is 1. The van der Waals surface area contributed by atoms with Gasteiger partial charge in [0.1, 0.15) is 0 Å². The Morgan fingerprint density at radius 1 is 1.42 bits per heavy atom. The third-order valence-electron chi connectivity index (χ3n) is 4.73. The van der Waals surface area contributed by atoms with Crippen LogP contribution in [0, 0.1) is 11.3 Å². The van der Waals surface area contributed by atoms with E-state index in [-0.39, 0.29) is 31.6 Å². The molecule has 1 aromatic heterocycles. The highest BCUT2D eigenvalue weighted by molar-refractivity contribution is 5.75. The average molecular weight is 343 g/mol. The highest BCUT2D eigenvalue weighted by atomic mass is 19.4. The van der Waals surface area contributed by atoms with Crippen molar-refractivity contribution in [2.75, 3.05) is 13.1 Å². The molecule has 0 unspecified atom stereocenters. The molecular formula is C17H24F3N3O. The van der Waals surface area contributed by atoms with Crippen LogP contribution in [0.4, 0.5) is 18.0 Å². The molecule has 24 heavy (non-hydrogen) atoms. The lowest BCUT2D eigenvalue weighted by molar-refractivity contribution is -0.214. The minimum Gasteiger partial charge on any atom is -0.331 e. The molecule has 7 heteroatoms. The summed E-state index contributed by atoms with van der Waals surface area (Å²) in [4.78, 5) is 17.9. The summed E-state index contributed by atoms with van der Waals surface area (Å²) in [5, 5.41) is 2.92. The molecule has 0 radical (unpaired) electrons. The van der Waals surface area contributed by atoms with Crippen LogP contribution in [0.15, 0.2) is 24.5 Å². The monoisotopic (exact) mass is 343 g/mol. The summed E-state index contributed by atoms with van der Waals surface area (Å²) in [6.45, 7) is 5.31. The van der Waals surface area contributed by atoms with E-state index in [1.807, 2.05) is 19.1 Å². The molecule has 1 aromatic rings. The Bertz CT molecular complexity index is 560. The molecule has 1 saturated heterocycles. The summed E-state index contributed by atoms with van der Waals surface area (Å²) in [6, 6.07) is 3.17. The molecule has 0 aromatic carbocycles. The van der Waals surface area contributed by atoms with Gasteiger partial charge in [-0.1, -0.05) is 20.8 Å². The number of halogens is 3. The van der Waals surface area contributed by atoms with E-state index < -0.39 is 17.5 Å². The van der Waals surface area contributed by atoms with Crippen molar-refractivity contribution >= 4 is 6.03 Å². The van der Waals surface area contributed by atoms with Crippen molar-refractivity contribution in [1.29, 1.82) is 0 Å². The van der Waals surface area contributed by atoms with Crippen LogP contribution in [-0.2, 0) is 0 Å². The van der Waals surface area contributed by atoms with Crippen LogP contribution in [0.5, 0.6) is 0 Å². The zero-order valence-corrected chi connectivity index (χ0v) is 14.2. The number of alkyl halides is 3. The molecule has 1 fully saturated rings. The lowest BCUT2D eigenvalue weighted by Gasteiger charge is -2.45. The minimum atomic E-state index is -4.23. The number of urea groups is 1. The molecule has 1 aliphatic heterocycles. The van der Waals surface area contributed by atoms with Crippen molar-refractivity contribution in [1.82, 2.24) is 15.2 Å². The number of likely N-dealkylation sites (tertiary alicyclic amines) is 1. The number of carbonyl (C=O) groups is 1. The largest absolute Gasteiger partial charge is 0.392 e. The number of piperidine rings is 1. The smallest absolute Gasteiger partial charge is 0.331 e. The van der Waals surface area contributed by atoms with Gasteiger partial charge < -0.3 is 10.2 Å². The Labute approximate surface area is 140 Å². The lowest BCUT2D eigenvalue weighted by Crippen LogP contribution is -2.54. The van der Waals surface area contributed by atoms with Crippen molar-refractivity contribution < 1.29 is 18.0 Å². The Balaban J connectivity index is 2.03. The molecule has 0 saturated carbocycles. The Kier molecular flexibility index (Phi) is 5.40. The maximum Gasteiger partial charge on any atom is 0.392 e. The number of nitrogens with one attached hydrogen (secondary N) is 1. The first-order chi connectivity index (χ1) is 11.1. The average Bonchev–Trinajstić information content (AvgIpc) is 2.50. The molecule has 0 bridgehead atoms. The SMILES string of the molecule is CC[C@H](NC(=O)N1CC[C@H](C(F)(F)F)C(C)(C)C1)c1ccncc1. The van der Waals surface area contributed by atoms with Gasteiger partial charge >= 0.3 is 12.2 Å². The summed E-state index contributed by atoms with van der Waals surface area (Å²) in [7, 11) is 0. The summed E-state index contributed by atoms with van der Waals surface area (Å²) in [5.41, 5.74) is -0.0584. The van der Waals surface area contributed by atoms with Crippen LogP contribution < -0.4 is 5.32 Å². The van der Waals surface area contributed by atoms with Gasteiger partial charge in [0.2, 0.25) is 0 Å². The van der Waals surface area contributed by atoms with Crippen molar-refractivity contribution in [3.63, 3.8) is 0 Å². The van der Waals surface area contributed by atoms with E-state index >= 15 is 0 Å². The van der Waals surface area contributed by atoms with E-state index in [1.54, 1.807) is 26.2 Å². The third-order valence-corrected chi connectivity index (χ3v) is 4.73. The number of amides is 2. The lowest BCUT2D eigenvalue weighted by atomic mass is 9.73. The quantitative estimate of drug-likeness (QED) is 0.896. The molecule has 134 valence electrons. The highest BCUT2D eigenvalue weighted by Gasteiger charge is 2.51. The van der Waals surface area contributed by atoms with Crippen LogP contribution in [0.1, 0.15) is 45.2 Å². The summed E-state index contributed by atoms with van der Waals surface area (Å²) in [6.07, 6.45) is -0.284. The Morgan fingerprint density at radius 3 is 2.54 bits per heavy atom. The van der Waals surface area contributed by atoms with Gasteiger partial charge in [0.15, 0.2) is 0 Å². The van der Waals surface area contributed by atoms with Crippen LogP contribution in [0.3, 0.4) is 0 Å². The van der Waals surface area contributed by atoms with Crippen molar-refractivity contribution in [3.05, 3.63) is 30.1 Å². The number of carbonyl (C=O) groups excluding carboxylic acids is 1. The summed E-state index contributed by atoms with van der Waals surface area (Å²) >= 11 is 0. The van der Waals surface area contributed by atoms with Gasteiger partial charge in [0.25, 0.3) is 0 Å². The number of nitrogens with zero attached hydrogens (tertiary/aromatic N) is 2. The standard InChI is InChI=1S/C17H24F3N3O/c1-4-13(12-5-8-21-9-6-12)22-15(24)23-10-7-14(17(18,19)20)16(2,3)11-23/h5-6,8-9,13-14H,4,7,10-11H2,1-3H3,(H,22,24)/t13-,14-/m0/s1. The molecule has 1 aliphatic rings. The molecule has 2 atom stereocenters. The number of aromatic nitrogens is 1. The normalized spacial score (nSPS) is 22.1. The summed E-state index contributed by atoms with van der Waals surface area (Å²) in [5.74, 6) is -1.38. The molecule has 4 nitrogen and oxygen atoms in total. The molecule has 0 aliphatic carbocycles. The fraction of sp³-hybridized carbons (Fsp3) is 0.647. The Hall–Kier alpha value is -1.79. The third kappa shape index (κ3) is 4.19. The van der Waals surface area contributed by atoms with Gasteiger partial charge in [-0.25, -0.2) is 4.79 Å². The van der Waals surface area contributed by atoms with Crippen molar-refractivity contribution in [2.24, 2.45) is 11.3 Å². The first kappa shape index (κ1) is 18.5. The zero-order valence-electron chi connectivity index (χ0n) is 14.2. The van der Waals surface area contributed by atoms with Gasteiger partial charge in [0.05, 0.1) is 12.0 Å². The molecule has 2 heterocycles. The summed E-state index contributed by atoms with van der Waals surface area (Å²) < 4.78 is 39.4. The van der Waals surface area contributed by atoms with E-state index in [1.165, 1.54) is 4.90 Å². The van der Waals surface area contributed by atoms with E-state index in [0.717, 1.165) is 5.56 Å². The topological polar surface area (TPSA) is 45.2 Å². The van der Waals surface area contributed by atoms with Gasteiger partial charge in [-0.15, -0.1) is 0 Å². The molecule has 2 rings (SSSR count). The van der Waals surface area contributed by atoms with Crippen LogP contribution in [0.2, 0.25) is 0 Å². The van der Waals surface area contributed by atoms with Gasteiger partial charge in [-0.05, 0) is 36.0 Å². The Morgan fingerprint density at radius 2 is 2.04 bits per heavy atom. The molecule has 1 N–H and O–H groups in total. The van der Waals surface area contributed by atoms with E-state index in [2.05, 4.69) is 10.3 Å². The maximum absolute atomic E-state index is 13.1. The molecule has 2 amide bonds. The number of hydrogen-bond acceptors (Lipinski definition) is 2. The van der Waals surface area contributed by atoms with Crippen LogP contribution in [0.25, 0.3) is 0 Å². The predicted octanol–water partition coefficient (Wildman–Crippen LogP) is 4.15. The first-order valence-corrected chi connectivity index (χ1v) is 8.17. The number of pyridine rings is 1. The number of rotatable bonds is 3. The van der Waals surface area contributed by atoms with Crippen molar-refractivity contribution in [3.8, 4) is 0 Å². The van der Waals surface area contributed by atoms with E-state index in [4.69, 9.17) is 0 Å². The second-order valence-corrected chi connectivity index (χ2v) is 6.98. The fourth-order valence-corrected chi connectivity index (χ4v) is 3.39. The van der Waals surface area contributed by atoms with Gasteiger partial charge in [-0.3, -0.25) is 4.98 Å².